The Morgan fingerprint density at radius 3 is 2.21 bits per heavy atom. The molecule has 0 radical (unpaired) electrons. The summed E-state index contributed by atoms with van der Waals surface area (Å²) in [5.74, 6) is 1.65. The van der Waals surface area contributed by atoms with Gasteiger partial charge in [-0.2, -0.15) is 0 Å². The molecule has 0 unspecified atom stereocenters. The number of rotatable bonds is 8. The molecular formula is C16H27NO2. The number of hydrogen-bond acceptors (Lipinski definition) is 3. The molecule has 0 aliphatic carbocycles. The lowest BCUT2D eigenvalue weighted by Crippen LogP contribution is -2.37. The van der Waals surface area contributed by atoms with Crippen LogP contribution in [0, 0.1) is 0 Å². The molecule has 3 nitrogen and oxygen atoms in total. The maximum Gasteiger partial charge on any atom is 0.161 e. The summed E-state index contributed by atoms with van der Waals surface area (Å²) >= 11 is 0. The second-order valence-corrected chi connectivity index (χ2v) is 5.24. The minimum absolute atomic E-state index is 0.157. The molecule has 0 saturated heterocycles. The van der Waals surface area contributed by atoms with E-state index in [0.717, 1.165) is 24.5 Å². The van der Waals surface area contributed by atoms with Crippen molar-refractivity contribution in [1.29, 1.82) is 0 Å². The van der Waals surface area contributed by atoms with Crippen molar-refractivity contribution in [3.63, 3.8) is 0 Å². The predicted octanol–water partition coefficient (Wildman–Crippen LogP) is 3.76. The molecule has 0 aliphatic rings. The van der Waals surface area contributed by atoms with Crippen molar-refractivity contribution in [1.82, 2.24) is 5.32 Å². The minimum Gasteiger partial charge on any atom is -0.490 e. The van der Waals surface area contributed by atoms with Crippen molar-refractivity contribution in [2.75, 3.05) is 13.2 Å². The molecule has 0 atom stereocenters. The van der Waals surface area contributed by atoms with Gasteiger partial charge in [0, 0.05) is 12.1 Å². The Hall–Kier alpha value is -1.22. The van der Waals surface area contributed by atoms with Crippen molar-refractivity contribution >= 4 is 0 Å². The van der Waals surface area contributed by atoms with Crippen LogP contribution in [0.3, 0.4) is 0 Å². The predicted molar refractivity (Wildman–Crippen MR) is 80.0 cm³/mol. The summed E-state index contributed by atoms with van der Waals surface area (Å²) in [6.07, 6.45) is 1.10. The van der Waals surface area contributed by atoms with Crippen LogP contribution in [-0.2, 0) is 6.54 Å². The Morgan fingerprint density at radius 2 is 1.63 bits per heavy atom. The van der Waals surface area contributed by atoms with Crippen LogP contribution in [-0.4, -0.2) is 18.8 Å². The lowest BCUT2D eigenvalue weighted by Gasteiger charge is -2.24. The second kappa shape index (κ2) is 7.39. The summed E-state index contributed by atoms with van der Waals surface area (Å²) in [5, 5.41) is 3.55. The molecular weight excluding hydrogens is 238 g/mol. The molecule has 0 saturated carbocycles. The lowest BCUT2D eigenvalue weighted by molar-refractivity contribution is 0.287. The van der Waals surface area contributed by atoms with Crippen molar-refractivity contribution < 1.29 is 9.47 Å². The van der Waals surface area contributed by atoms with E-state index in [1.54, 1.807) is 0 Å². The fourth-order valence-corrected chi connectivity index (χ4v) is 1.67. The summed E-state index contributed by atoms with van der Waals surface area (Å²) in [6.45, 7) is 12.7. The molecule has 3 heteroatoms. The molecule has 1 rings (SSSR count). The summed E-state index contributed by atoms with van der Waals surface area (Å²) < 4.78 is 11.2. The molecule has 0 amide bonds. The van der Waals surface area contributed by atoms with Crippen LogP contribution in [0.1, 0.15) is 46.6 Å². The van der Waals surface area contributed by atoms with Crippen LogP contribution < -0.4 is 14.8 Å². The largest absolute Gasteiger partial charge is 0.490 e. The molecule has 0 aliphatic heterocycles. The Balaban J connectivity index is 2.77. The van der Waals surface area contributed by atoms with E-state index >= 15 is 0 Å². The first-order valence-electron chi connectivity index (χ1n) is 7.16. The summed E-state index contributed by atoms with van der Waals surface area (Å²) in [4.78, 5) is 0. The smallest absolute Gasteiger partial charge is 0.161 e. The summed E-state index contributed by atoms with van der Waals surface area (Å²) in [7, 11) is 0. The number of ether oxygens (including phenoxy) is 2. The molecule has 1 N–H and O–H groups in total. The second-order valence-electron chi connectivity index (χ2n) is 5.24. The highest BCUT2D eigenvalue weighted by Gasteiger charge is 2.14. The standard InChI is InChI=1S/C16H27NO2/c1-6-16(4,5)17-12-13-9-10-14(18-7-2)15(11-13)19-8-3/h9-11,17H,6-8,12H2,1-5H3. The topological polar surface area (TPSA) is 30.5 Å². The molecule has 108 valence electrons. The van der Waals surface area contributed by atoms with Gasteiger partial charge in [0.2, 0.25) is 0 Å². The van der Waals surface area contributed by atoms with Gasteiger partial charge in [-0.3, -0.25) is 0 Å². The van der Waals surface area contributed by atoms with Crippen molar-refractivity contribution in [2.24, 2.45) is 0 Å². The SMILES string of the molecule is CCOc1ccc(CNC(C)(C)CC)cc1OCC. The monoisotopic (exact) mass is 265 g/mol. The van der Waals surface area contributed by atoms with E-state index in [1.807, 2.05) is 19.9 Å². The van der Waals surface area contributed by atoms with Crippen molar-refractivity contribution in [2.45, 2.75) is 53.1 Å². The Bertz CT molecular complexity index is 388. The van der Waals surface area contributed by atoms with Crippen LogP contribution in [0.2, 0.25) is 0 Å². The number of benzene rings is 1. The zero-order chi connectivity index (χ0) is 14.3. The fourth-order valence-electron chi connectivity index (χ4n) is 1.67. The molecule has 19 heavy (non-hydrogen) atoms. The van der Waals surface area contributed by atoms with E-state index in [1.165, 1.54) is 5.56 Å². The van der Waals surface area contributed by atoms with Crippen LogP contribution in [0.15, 0.2) is 18.2 Å². The molecule has 0 fully saturated rings. The Labute approximate surface area is 117 Å². The highest BCUT2D eigenvalue weighted by molar-refractivity contribution is 5.43. The average molecular weight is 265 g/mol. The first-order valence-corrected chi connectivity index (χ1v) is 7.16. The Morgan fingerprint density at radius 1 is 1.00 bits per heavy atom. The maximum atomic E-state index is 5.64. The Kier molecular flexibility index (Phi) is 6.16. The zero-order valence-corrected chi connectivity index (χ0v) is 12.9. The quantitative estimate of drug-likeness (QED) is 0.776. The lowest BCUT2D eigenvalue weighted by atomic mass is 10.0. The minimum atomic E-state index is 0.157. The fraction of sp³-hybridized carbons (Fsp3) is 0.625. The van der Waals surface area contributed by atoms with Crippen LogP contribution in [0.4, 0.5) is 0 Å². The van der Waals surface area contributed by atoms with E-state index < -0.39 is 0 Å². The first kappa shape index (κ1) is 15.8. The summed E-state index contributed by atoms with van der Waals surface area (Å²) in [6, 6.07) is 6.14. The zero-order valence-electron chi connectivity index (χ0n) is 12.9. The van der Waals surface area contributed by atoms with Crippen molar-refractivity contribution in [3.05, 3.63) is 23.8 Å². The van der Waals surface area contributed by atoms with Crippen LogP contribution >= 0.6 is 0 Å². The molecule has 0 spiro atoms. The van der Waals surface area contributed by atoms with Crippen molar-refractivity contribution in [3.8, 4) is 11.5 Å². The third-order valence-electron chi connectivity index (χ3n) is 3.26. The molecule has 1 aromatic rings. The van der Waals surface area contributed by atoms with Gasteiger partial charge >= 0.3 is 0 Å². The number of nitrogens with one attached hydrogen (secondary N) is 1. The first-order chi connectivity index (χ1) is 9.02. The van der Waals surface area contributed by atoms with Gasteiger partial charge in [-0.15, -0.1) is 0 Å². The third kappa shape index (κ3) is 5.11. The normalized spacial score (nSPS) is 11.4. The van der Waals surface area contributed by atoms with Crippen LogP contribution in [0.25, 0.3) is 0 Å². The highest BCUT2D eigenvalue weighted by atomic mass is 16.5. The molecule has 0 heterocycles. The summed E-state index contributed by atoms with van der Waals surface area (Å²) in [5.41, 5.74) is 1.37. The van der Waals surface area contributed by atoms with E-state index in [4.69, 9.17) is 9.47 Å². The van der Waals surface area contributed by atoms with E-state index in [-0.39, 0.29) is 5.54 Å². The molecule has 0 bridgehead atoms. The van der Waals surface area contributed by atoms with Gasteiger partial charge in [0.1, 0.15) is 0 Å². The van der Waals surface area contributed by atoms with Crippen LogP contribution in [0.5, 0.6) is 11.5 Å². The molecule has 0 aromatic heterocycles. The van der Waals surface area contributed by atoms with Gasteiger partial charge in [-0.05, 0) is 51.8 Å². The van der Waals surface area contributed by atoms with Gasteiger partial charge < -0.3 is 14.8 Å². The van der Waals surface area contributed by atoms with Gasteiger partial charge in [0.25, 0.3) is 0 Å². The van der Waals surface area contributed by atoms with Gasteiger partial charge in [-0.25, -0.2) is 0 Å². The number of hydrogen-bond donors (Lipinski definition) is 1. The highest BCUT2D eigenvalue weighted by Crippen LogP contribution is 2.28. The van der Waals surface area contributed by atoms with Gasteiger partial charge in [0.05, 0.1) is 13.2 Å². The average Bonchev–Trinajstić information content (AvgIpc) is 2.40. The van der Waals surface area contributed by atoms with Gasteiger partial charge in [-0.1, -0.05) is 13.0 Å². The van der Waals surface area contributed by atoms with E-state index in [9.17, 15) is 0 Å². The van der Waals surface area contributed by atoms with E-state index in [2.05, 4.69) is 38.2 Å². The third-order valence-corrected chi connectivity index (χ3v) is 3.26. The van der Waals surface area contributed by atoms with E-state index in [0.29, 0.717) is 13.2 Å². The maximum absolute atomic E-state index is 5.64. The molecule has 1 aromatic carbocycles. The van der Waals surface area contributed by atoms with Gasteiger partial charge in [0.15, 0.2) is 11.5 Å².